The lowest BCUT2D eigenvalue weighted by atomic mass is 9.96. The van der Waals surface area contributed by atoms with E-state index in [9.17, 15) is 0 Å². The van der Waals surface area contributed by atoms with Gasteiger partial charge in [0, 0.05) is 17.3 Å². The van der Waals surface area contributed by atoms with Gasteiger partial charge in [-0.25, -0.2) is 0 Å². The Morgan fingerprint density at radius 3 is 2.65 bits per heavy atom. The molecule has 0 aliphatic carbocycles. The smallest absolute Gasteiger partial charge is 0.0557 e. The van der Waals surface area contributed by atoms with Gasteiger partial charge in [-0.15, -0.1) is 11.3 Å². The van der Waals surface area contributed by atoms with Crippen LogP contribution in [0.5, 0.6) is 0 Å². The normalized spacial score (nSPS) is 14.5. The number of aromatic nitrogens is 1. The number of hydrogen-bond donors (Lipinski definition) is 0. The Labute approximate surface area is 115 Å². The Balaban J connectivity index is 2.23. The van der Waals surface area contributed by atoms with E-state index in [2.05, 4.69) is 58.3 Å². The predicted octanol–water partition coefficient (Wildman–Crippen LogP) is 4.95. The maximum atomic E-state index is 4.07. The molecule has 0 aromatic carbocycles. The molecule has 90 valence electrons. The lowest BCUT2D eigenvalue weighted by Crippen LogP contribution is -2.02. The van der Waals surface area contributed by atoms with E-state index in [0.29, 0.717) is 10.7 Å². The van der Waals surface area contributed by atoms with Crippen LogP contribution in [0.4, 0.5) is 0 Å². The number of pyridine rings is 1. The van der Waals surface area contributed by atoms with Crippen LogP contribution in [0.25, 0.3) is 0 Å². The molecule has 0 spiro atoms. The number of halogens is 1. The fourth-order valence-electron chi connectivity index (χ4n) is 1.94. The van der Waals surface area contributed by atoms with Crippen molar-refractivity contribution in [3.05, 3.63) is 52.0 Å². The van der Waals surface area contributed by atoms with Gasteiger partial charge in [0.25, 0.3) is 0 Å². The van der Waals surface area contributed by atoms with Crippen LogP contribution in [0.15, 0.2) is 36.0 Å². The average Bonchev–Trinajstić information content (AvgIpc) is 2.86. The molecule has 1 nitrogen and oxygen atoms in total. The van der Waals surface area contributed by atoms with Gasteiger partial charge in [0.2, 0.25) is 0 Å². The summed E-state index contributed by atoms with van der Waals surface area (Å²) in [4.78, 5) is 5.92. The van der Waals surface area contributed by atoms with E-state index in [1.54, 1.807) is 0 Å². The van der Waals surface area contributed by atoms with Gasteiger partial charge in [-0.1, -0.05) is 29.8 Å². The van der Waals surface area contributed by atoms with Gasteiger partial charge in [-0.3, -0.25) is 4.98 Å². The molecule has 2 heterocycles. The van der Waals surface area contributed by atoms with Crippen LogP contribution in [0.2, 0.25) is 0 Å². The lowest BCUT2D eigenvalue weighted by molar-refractivity contribution is 0.753. The molecule has 2 rings (SSSR count). The van der Waals surface area contributed by atoms with Crippen LogP contribution < -0.4 is 0 Å². The molecule has 0 radical (unpaired) electrons. The highest BCUT2D eigenvalue weighted by Gasteiger charge is 2.21. The first kappa shape index (κ1) is 12.8. The molecule has 3 heteroatoms. The number of nitrogens with zero attached hydrogens (tertiary/aromatic N) is 1. The molecule has 0 saturated heterocycles. The van der Waals surface area contributed by atoms with Crippen molar-refractivity contribution >= 4 is 27.3 Å². The van der Waals surface area contributed by atoms with Crippen LogP contribution >= 0.6 is 27.3 Å². The Kier molecular flexibility index (Phi) is 4.35. The van der Waals surface area contributed by atoms with Crippen molar-refractivity contribution in [2.24, 2.45) is 0 Å². The zero-order chi connectivity index (χ0) is 12.3. The standard InChI is InChI=1S/C14H16BrNS/c1-3-11-6-9-17-14(11)13(15)10(2)12-4-7-16-8-5-12/h4-10,13H,3H2,1-2H3. The molecule has 2 atom stereocenters. The second-order valence-corrected chi connectivity index (χ2v) is 6.07. The second-order valence-electron chi connectivity index (χ2n) is 4.13. The topological polar surface area (TPSA) is 12.9 Å². The Morgan fingerprint density at radius 1 is 1.29 bits per heavy atom. The highest BCUT2D eigenvalue weighted by molar-refractivity contribution is 9.09. The summed E-state index contributed by atoms with van der Waals surface area (Å²) in [6.07, 6.45) is 4.82. The Hall–Kier alpha value is -0.670. The van der Waals surface area contributed by atoms with Crippen molar-refractivity contribution in [3.63, 3.8) is 0 Å². The van der Waals surface area contributed by atoms with Gasteiger partial charge in [0.15, 0.2) is 0 Å². The fraction of sp³-hybridized carbons (Fsp3) is 0.357. The number of aryl methyl sites for hydroxylation is 1. The van der Waals surface area contributed by atoms with E-state index in [1.807, 2.05) is 23.7 Å². The Bertz CT molecular complexity index is 466. The van der Waals surface area contributed by atoms with E-state index >= 15 is 0 Å². The van der Waals surface area contributed by atoms with E-state index in [4.69, 9.17) is 0 Å². The maximum Gasteiger partial charge on any atom is 0.0557 e. The van der Waals surface area contributed by atoms with Crippen molar-refractivity contribution < 1.29 is 0 Å². The molecule has 0 aliphatic heterocycles. The summed E-state index contributed by atoms with van der Waals surface area (Å²) < 4.78 is 0. The van der Waals surface area contributed by atoms with Gasteiger partial charge in [-0.05, 0) is 47.0 Å². The van der Waals surface area contributed by atoms with Crippen molar-refractivity contribution in [2.45, 2.75) is 31.0 Å². The van der Waals surface area contributed by atoms with E-state index in [0.717, 1.165) is 6.42 Å². The first-order valence-corrected chi connectivity index (χ1v) is 7.63. The highest BCUT2D eigenvalue weighted by Crippen LogP contribution is 2.41. The first-order chi connectivity index (χ1) is 8.24. The molecule has 0 fully saturated rings. The van der Waals surface area contributed by atoms with Crippen molar-refractivity contribution in [1.29, 1.82) is 0 Å². The summed E-state index contributed by atoms with van der Waals surface area (Å²) in [7, 11) is 0. The number of hydrogen-bond acceptors (Lipinski definition) is 2. The predicted molar refractivity (Wildman–Crippen MR) is 78.0 cm³/mol. The molecule has 0 bridgehead atoms. The van der Waals surface area contributed by atoms with Crippen LogP contribution in [-0.2, 0) is 6.42 Å². The van der Waals surface area contributed by atoms with Crippen molar-refractivity contribution in [1.82, 2.24) is 4.98 Å². The fourth-order valence-corrected chi connectivity index (χ4v) is 3.94. The molecule has 0 aliphatic rings. The van der Waals surface area contributed by atoms with E-state index in [1.165, 1.54) is 16.0 Å². The van der Waals surface area contributed by atoms with Crippen molar-refractivity contribution in [3.8, 4) is 0 Å². The monoisotopic (exact) mass is 309 g/mol. The second kappa shape index (κ2) is 5.78. The molecule has 0 saturated carbocycles. The summed E-state index contributed by atoms with van der Waals surface area (Å²) in [5, 5.41) is 2.18. The van der Waals surface area contributed by atoms with Gasteiger partial charge in [-0.2, -0.15) is 0 Å². The third kappa shape index (κ3) is 2.78. The highest BCUT2D eigenvalue weighted by atomic mass is 79.9. The van der Waals surface area contributed by atoms with Crippen LogP contribution in [-0.4, -0.2) is 4.98 Å². The SMILES string of the molecule is CCc1ccsc1C(Br)C(C)c1ccncc1. The summed E-state index contributed by atoms with van der Waals surface area (Å²) in [6, 6.07) is 6.42. The minimum Gasteiger partial charge on any atom is -0.265 e. The molecule has 0 N–H and O–H groups in total. The summed E-state index contributed by atoms with van der Waals surface area (Å²) in [5.41, 5.74) is 2.79. The van der Waals surface area contributed by atoms with Gasteiger partial charge in [0.1, 0.15) is 0 Å². The first-order valence-electron chi connectivity index (χ1n) is 5.84. The van der Waals surface area contributed by atoms with E-state index < -0.39 is 0 Å². The quantitative estimate of drug-likeness (QED) is 0.729. The summed E-state index contributed by atoms with van der Waals surface area (Å²) in [6.45, 7) is 4.47. The van der Waals surface area contributed by atoms with Gasteiger partial charge < -0.3 is 0 Å². The number of alkyl halides is 1. The van der Waals surface area contributed by atoms with Gasteiger partial charge in [0.05, 0.1) is 4.83 Å². The molecule has 17 heavy (non-hydrogen) atoms. The third-order valence-electron chi connectivity index (χ3n) is 3.08. The zero-order valence-electron chi connectivity index (χ0n) is 10.1. The Morgan fingerprint density at radius 2 is 2.00 bits per heavy atom. The number of rotatable bonds is 4. The lowest BCUT2D eigenvalue weighted by Gasteiger charge is -2.18. The van der Waals surface area contributed by atoms with Crippen LogP contribution in [0, 0.1) is 0 Å². The zero-order valence-corrected chi connectivity index (χ0v) is 12.5. The van der Waals surface area contributed by atoms with E-state index in [-0.39, 0.29) is 0 Å². The minimum absolute atomic E-state index is 0.389. The van der Waals surface area contributed by atoms with Crippen LogP contribution in [0.3, 0.4) is 0 Å². The average molecular weight is 310 g/mol. The minimum atomic E-state index is 0.389. The molecule has 2 aromatic rings. The largest absolute Gasteiger partial charge is 0.265 e. The van der Waals surface area contributed by atoms with Crippen molar-refractivity contribution in [2.75, 3.05) is 0 Å². The molecule has 2 aromatic heterocycles. The number of thiophene rings is 1. The van der Waals surface area contributed by atoms with Crippen LogP contribution in [0.1, 0.15) is 40.6 Å². The molecule has 2 unspecified atom stereocenters. The molecule has 0 amide bonds. The van der Waals surface area contributed by atoms with Gasteiger partial charge >= 0.3 is 0 Å². The molecular weight excluding hydrogens is 294 g/mol. The summed E-state index contributed by atoms with van der Waals surface area (Å²) >= 11 is 5.69. The molecular formula is C14H16BrNS. The maximum absolute atomic E-state index is 4.07. The third-order valence-corrected chi connectivity index (χ3v) is 5.68. The summed E-state index contributed by atoms with van der Waals surface area (Å²) in [5.74, 6) is 0.460.